The minimum atomic E-state index is -3.74. The second-order valence-corrected chi connectivity index (χ2v) is 6.25. The van der Waals surface area contributed by atoms with Crippen molar-refractivity contribution in [3.8, 4) is 0 Å². The molecule has 1 aliphatic rings. The number of carbonyl (C=O) groups is 1. The highest BCUT2D eigenvalue weighted by Crippen LogP contribution is 2.37. The fourth-order valence-corrected chi connectivity index (χ4v) is 2.38. The Hall–Kier alpha value is -1.40. The largest absolute Gasteiger partial charge is 0.326 e. The summed E-state index contributed by atoms with van der Waals surface area (Å²) >= 11 is 0. The number of anilines is 1. The Morgan fingerprint density at radius 1 is 1.44 bits per heavy atom. The third kappa shape index (κ3) is 3.08. The van der Waals surface area contributed by atoms with Crippen molar-refractivity contribution in [2.75, 3.05) is 5.32 Å². The van der Waals surface area contributed by atoms with E-state index in [2.05, 4.69) is 5.32 Å². The monoisotopic (exact) mass is 268 g/mol. The van der Waals surface area contributed by atoms with E-state index in [4.69, 9.17) is 5.14 Å². The molecule has 6 heteroatoms. The Kier molecular flexibility index (Phi) is 3.41. The van der Waals surface area contributed by atoms with E-state index in [1.165, 1.54) is 12.1 Å². The third-order valence-corrected chi connectivity index (χ3v) is 4.08. The molecule has 0 spiro atoms. The third-order valence-electron chi connectivity index (χ3n) is 3.17. The Bertz CT molecular complexity index is 564. The lowest BCUT2D eigenvalue weighted by molar-refractivity contribution is -0.119. The van der Waals surface area contributed by atoms with Gasteiger partial charge in [0.05, 0.1) is 4.90 Å². The van der Waals surface area contributed by atoms with E-state index < -0.39 is 10.0 Å². The zero-order valence-corrected chi connectivity index (χ0v) is 10.9. The molecule has 1 aliphatic carbocycles. The van der Waals surface area contributed by atoms with Gasteiger partial charge in [-0.25, -0.2) is 13.6 Å². The summed E-state index contributed by atoms with van der Waals surface area (Å²) in [5, 5.41) is 7.75. The van der Waals surface area contributed by atoms with Gasteiger partial charge >= 0.3 is 0 Å². The summed E-state index contributed by atoms with van der Waals surface area (Å²) in [7, 11) is -3.74. The highest BCUT2D eigenvalue weighted by molar-refractivity contribution is 7.89. The van der Waals surface area contributed by atoms with Crippen LogP contribution in [0.5, 0.6) is 0 Å². The fourth-order valence-electron chi connectivity index (χ4n) is 1.82. The SMILES string of the molecule is CC(C(=O)Nc1cccc(S(N)(=O)=O)c1)C1CC1. The van der Waals surface area contributed by atoms with Crippen molar-refractivity contribution in [1.29, 1.82) is 0 Å². The van der Waals surface area contributed by atoms with Crippen molar-refractivity contribution in [3.63, 3.8) is 0 Å². The van der Waals surface area contributed by atoms with Gasteiger partial charge in [0.2, 0.25) is 15.9 Å². The molecular formula is C12H16N2O3S. The van der Waals surface area contributed by atoms with E-state index >= 15 is 0 Å². The summed E-state index contributed by atoms with van der Waals surface area (Å²) in [4.78, 5) is 11.9. The number of nitrogens with two attached hydrogens (primary N) is 1. The van der Waals surface area contributed by atoms with Crippen LogP contribution >= 0.6 is 0 Å². The molecular weight excluding hydrogens is 252 g/mol. The van der Waals surface area contributed by atoms with Gasteiger partial charge in [-0.3, -0.25) is 4.79 Å². The van der Waals surface area contributed by atoms with Gasteiger partial charge in [0.15, 0.2) is 0 Å². The van der Waals surface area contributed by atoms with Gasteiger partial charge in [0, 0.05) is 11.6 Å². The van der Waals surface area contributed by atoms with E-state index in [0.29, 0.717) is 11.6 Å². The van der Waals surface area contributed by atoms with Crippen molar-refractivity contribution in [2.45, 2.75) is 24.7 Å². The van der Waals surface area contributed by atoms with Gasteiger partial charge in [0.25, 0.3) is 0 Å². The zero-order chi connectivity index (χ0) is 13.3. The molecule has 0 bridgehead atoms. The van der Waals surface area contributed by atoms with E-state index in [-0.39, 0.29) is 16.7 Å². The Morgan fingerprint density at radius 3 is 2.67 bits per heavy atom. The Labute approximate surface area is 106 Å². The maximum Gasteiger partial charge on any atom is 0.238 e. The van der Waals surface area contributed by atoms with Crippen LogP contribution < -0.4 is 10.5 Å². The van der Waals surface area contributed by atoms with Gasteiger partial charge in [0.1, 0.15) is 0 Å². The number of nitrogens with one attached hydrogen (secondary N) is 1. The molecule has 3 N–H and O–H groups in total. The van der Waals surface area contributed by atoms with E-state index in [9.17, 15) is 13.2 Å². The van der Waals surface area contributed by atoms with Crippen LogP contribution in [0.2, 0.25) is 0 Å². The summed E-state index contributed by atoms with van der Waals surface area (Å²) in [6, 6.07) is 5.96. The molecule has 5 nitrogen and oxygen atoms in total. The molecule has 1 unspecified atom stereocenters. The lowest BCUT2D eigenvalue weighted by atomic mass is 10.1. The van der Waals surface area contributed by atoms with Gasteiger partial charge in [-0.1, -0.05) is 13.0 Å². The summed E-state index contributed by atoms with van der Waals surface area (Å²) < 4.78 is 22.4. The second-order valence-electron chi connectivity index (χ2n) is 4.69. The normalized spacial score (nSPS) is 17.2. The van der Waals surface area contributed by atoms with Crippen LogP contribution in [0.25, 0.3) is 0 Å². The zero-order valence-electron chi connectivity index (χ0n) is 10.1. The summed E-state index contributed by atoms with van der Waals surface area (Å²) in [5.74, 6) is 0.346. The summed E-state index contributed by atoms with van der Waals surface area (Å²) in [6.45, 7) is 1.89. The molecule has 1 fully saturated rings. The lowest BCUT2D eigenvalue weighted by Gasteiger charge is -2.11. The van der Waals surface area contributed by atoms with Crippen LogP contribution in [0.1, 0.15) is 19.8 Å². The number of hydrogen-bond donors (Lipinski definition) is 2. The number of carbonyl (C=O) groups excluding carboxylic acids is 1. The average molecular weight is 268 g/mol. The first kappa shape index (κ1) is 13.0. The summed E-state index contributed by atoms with van der Waals surface area (Å²) in [6.07, 6.45) is 2.18. The van der Waals surface area contributed by atoms with Crippen molar-refractivity contribution in [1.82, 2.24) is 0 Å². The standard InChI is InChI=1S/C12H16N2O3S/c1-8(9-5-6-9)12(15)14-10-3-2-4-11(7-10)18(13,16)17/h2-4,7-9H,5-6H2,1H3,(H,14,15)(H2,13,16,17). The Balaban J connectivity index is 2.12. The van der Waals surface area contributed by atoms with Gasteiger partial charge < -0.3 is 5.32 Å². The molecule has 1 saturated carbocycles. The maximum absolute atomic E-state index is 11.9. The first-order valence-electron chi connectivity index (χ1n) is 5.81. The topological polar surface area (TPSA) is 89.3 Å². The first-order chi connectivity index (χ1) is 8.38. The predicted octanol–water partition coefficient (Wildman–Crippen LogP) is 1.32. The highest BCUT2D eigenvalue weighted by Gasteiger charge is 2.32. The van der Waals surface area contributed by atoms with Crippen LogP contribution in [0.15, 0.2) is 29.2 Å². The van der Waals surface area contributed by atoms with Crippen LogP contribution in [0, 0.1) is 11.8 Å². The van der Waals surface area contributed by atoms with Crippen molar-refractivity contribution in [3.05, 3.63) is 24.3 Å². The average Bonchev–Trinajstić information content (AvgIpc) is 3.11. The molecule has 1 aromatic rings. The number of primary sulfonamides is 1. The van der Waals surface area contributed by atoms with E-state index in [1.807, 2.05) is 6.92 Å². The number of benzene rings is 1. The molecule has 0 saturated heterocycles. The molecule has 0 heterocycles. The molecule has 98 valence electrons. The number of sulfonamides is 1. The molecule has 0 aromatic heterocycles. The van der Waals surface area contributed by atoms with E-state index in [1.54, 1.807) is 12.1 Å². The predicted molar refractivity (Wildman–Crippen MR) is 68.3 cm³/mol. The molecule has 2 rings (SSSR count). The summed E-state index contributed by atoms with van der Waals surface area (Å²) in [5.41, 5.74) is 0.457. The fraction of sp³-hybridized carbons (Fsp3) is 0.417. The minimum absolute atomic E-state index is 0.000579. The molecule has 18 heavy (non-hydrogen) atoms. The quantitative estimate of drug-likeness (QED) is 0.863. The number of amides is 1. The second kappa shape index (κ2) is 4.70. The van der Waals surface area contributed by atoms with Gasteiger partial charge in [-0.05, 0) is 37.0 Å². The van der Waals surface area contributed by atoms with Crippen LogP contribution in [0.3, 0.4) is 0 Å². The lowest BCUT2D eigenvalue weighted by Crippen LogP contribution is -2.22. The van der Waals surface area contributed by atoms with Gasteiger partial charge in [-0.2, -0.15) is 0 Å². The number of hydrogen-bond acceptors (Lipinski definition) is 3. The smallest absolute Gasteiger partial charge is 0.238 e. The van der Waals surface area contributed by atoms with Crippen LogP contribution in [-0.2, 0) is 14.8 Å². The van der Waals surface area contributed by atoms with Crippen molar-refractivity contribution >= 4 is 21.6 Å². The van der Waals surface area contributed by atoms with Crippen molar-refractivity contribution < 1.29 is 13.2 Å². The minimum Gasteiger partial charge on any atom is -0.326 e. The highest BCUT2D eigenvalue weighted by atomic mass is 32.2. The van der Waals surface area contributed by atoms with Crippen LogP contribution in [0.4, 0.5) is 5.69 Å². The van der Waals surface area contributed by atoms with E-state index in [0.717, 1.165) is 12.8 Å². The molecule has 1 aromatic carbocycles. The van der Waals surface area contributed by atoms with Crippen molar-refractivity contribution in [2.24, 2.45) is 17.0 Å². The first-order valence-corrected chi connectivity index (χ1v) is 7.36. The molecule has 1 amide bonds. The Morgan fingerprint density at radius 2 is 2.11 bits per heavy atom. The molecule has 0 radical (unpaired) electrons. The molecule has 1 atom stereocenters. The molecule has 0 aliphatic heterocycles. The van der Waals surface area contributed by atoms with Crippen LogP contribution in [-0.4, -0.2) is 14.3 Å². The maximum atomic E-state index is 11.9. The number of rotatable bonds is 4. The van der Waals surface area contributed by atoms with Gasteiger partial charge in [-0.15, -0.1) is 0 Å².